The van der Waals surface area contributed by atoms with Crippen LogP contribution >= 0.6 is 0 Å². The SMILES string of the molecule is CC1(C)[C@@H]2C[C@H]1C(=O)C[C@@H]2c1c(O)cc(C(F)(F)C(=O)OCCCCO[N+](=O)[O-])cc1OC(=O)/C=C/C(=O)O. The number of carbonyl (C=O) groups excluding carboxylic acids is 3. The van der Waals surface area contributed by atoms with Gasteiger partial charge in [0.1, 0.15) is 17.3 Å². The van der Waals surface area contributed by atoms with Crippen LogP contribution in [0.2, 0.25) is 0 Å². The molecule has 0 spiro atoms. The number of hydrogen-bond donors (Lipinski definition) is 2. The van der Waals surface area contributed by atoms with Crippen LogP contribution in [-0.4, -0.2) is 52.2 Å². The Bertz CT molecular complexity index is 1210. The number of fused-ring (bicyclic) bond motifs is 2. The molecular weight excluding hydrogens is 528 g/mol. The lowest BCUT2D eigenvalue weighted by molar-refractivity contribution is -0.757. The van der Waals surface area contributed by atoms with Gasteiger partial charge in [-0.2, -0.15) is 8.78 Å². The molecule has 14 heteroatoms. The van der Waals surface area contributed by atoms with Crippen LogP contribution in [0, 0.1) is 27.4 Å². The molecule has 2 N–H and O–H groups in total. The molecule has 3 aliphatic rings. The van der Waals surface area contributed by atoms with E-state index >= 15 is 8.78 Å². The number of aliphatic carboxylic acids is 1. The first-order valence-corrected chi connectivity index (χ1v) is 12.0. The Kier molecular flexibility index (Phi) is 8.56. The molecule has 2 bridgehead atoms. The van der Waals surface area contributed by atoms with E-state index in [2.05, 4.69) is 9.57 Å². The minimum atomic E-state index is -4.31. The first-order chi connectivity index (χ1) is 18.2. The van der Waals surface area contributed by atoms with Crippen LogP contribution in [0.3, 0.4) is 0 Å². The smallest absolute Gasteiger partial charge is 0.381 e. The first kappa shape index (κ1) is 29.5. The minimum absolute atomic E-state index is 0.00744. The van der Waals surface area contributed by atoms with Gasteiger partial charge in [0.25, 0.3) is 5.09 Å². The van der Waals surface area contributed by atoms with Gasteiger partial charge in [0.05, 0.1) is 13.2 Å². The van der Waals surface area contributed by atoms with Gasteiger partial charge in [-0.25, -0.2) is 14.4 Å². The zero-order valence-electron chi connectivity index (χ0n) is 21.1. The van der Waals surface area contributed by atoms with E-state index in [4.69, 9.17) is 9.84 Å². The highest BCUT2D eigenvalue weighted by Crippen LogP contribution is 2.64. The lowest BCUT2D eigenvalue weighted by atomic mass is 9.44. The highest BCUT2D eigenvalue weighted by molar-refractivity contribution is 5.92. The number of esters is 2. The maximum absolute atomic E-state index is 15.0. The molecule has 0 saturated heterocycles. The van der Waals surface area contributed by atoms with Crippen molar-refractivity contribution in [3.05, 3.63) is 45.5 Å². The van der Waals surface area contributed by atoms with Crippen molar-refractivity contribution in [2.45, 2.75) is 51.4 Å². The lowest BCUT2D eigenvalue weighted by Crippen LogP contribution is -2.56. The number of ketones is 1. The summed E-state index contributed by atoms with van der Waals surface area (Å²) in [4.78, 5) is 62.1. The van der Waals surface area contributed by atoms with Crippen molar-refractivity contribution in [1.82, 2.24) is 0 Å². The van der Waals surface area contributed by atoms with Crippen molar-refractivity contribution < 1.29 is 57.6 Å². The zero-order valence-corrected chi connectivity index (χ0v) is 21.1. The molecule has 12 nitrogen and oxygen atoms in total. The zero-order chi connectivity index (χ0) is 29.1. The van der Waals surface area contributed by atoms with E-state index in [0.717, 1.165) is 0 Å². The number of unbranched alkanes of at least 4 members (excludes halogenated alkanes) is 1. The number of phenols is 1. The van der Waals surface area contributed by atoms with Gasteiger partial charge in [-0.1, -0.05) is 13.8 Å². The minimum Gasteiger partial charge on any atom is -0.508 e. The Morgan fingerprint density at radius 3 is 2.46 bits per heavy atom. The number of rotatable bonds is 12. The predicted molar refractivity (Wildman–Crippen MR) is 125 cm³/mol. The number of halogens is 2. The molecule has 3 atom stereocenters. The molecule has 39 heavy (non-hydrogen) atoms. The fourth-order valence-corrected chi connectivity index (χ4v) is 5.24. The number of phenolic OH excluding ortho intramolecular Hbond substituents is 1. The predicted octanol–water partition coefficient (Wildman–Crippen LogP) is 3.28. The van der Waals surface area contributed by atoms with Gasteiger partial charge in [0, 0.05) is 41.5 Å². The summed E-state index contributed by atoms with van der Waals surface area (Å²) in [6.45, 7) is 2.93. The summed E-state index contributed by atoms with van der Waals surface area (Å²) >= 11 is 0. The number of benzene rings is 1. The average Bonchev–Trinajstić information content (AvgIpc) is 2.83. The van der Waals surface area contributed by atoms with E-state index in [9.17, 15) is 34.4 Å². The summed E-state index contributed by atoms with van der Waals surface area (Å²) in [5, 5.41) is 28.7. The number of alkyl halides is 2. The Balaban J connectivity index is 1.89. The number of ether oxygens (including phenoxy) is 2. The highest BCUT2D eigenvalue weighted by Gasteiger charge is 2.59. The molecule has 0 aromatic heterocycles. The standard InChI is InChI=1S/C25H27F2NO11/c1-24(2)15-12-16(24)17(29)11-14(15)22-18(30)9-13(10-19(22)39-21(33)6-5-20(31)32)25(26,27)23(34)37-7-3-4-8-38-28(35)36/h5-6,9-10,14-16,30H,3-4,7-8,11-12H2,1-2H3,(H,31,32)/b6-5+/t14-,15+,16-/m0/s1. The largest absolute Gasteiger partial charge is 0.508 e. The molecule has 1 aromatic carbocycles. The fraction of sp³-hybridized carbons (Fsp3) is 0.520. The number of carboxylic acids is 1. The van der Waals surface area contributed by atoms with Crippen molar-refractivity contribution >= 4 is 23.7 Å². The molecular formula is C25H27F2NO11. The average molecular weight is 555 g/mol. The normalized spacial score (nSPS) is 21.6. The second-order valence-corrected chi connectivity index (χ2v) is 9.97. The van der Waals surface area contributed by atoms with Gasteiger partial charge in [-0.05, 0) is 42.7 Å². The number of nitrogens with zero attached hydrogens (tertiary/aromatic N) is 1. The van der Waals surface area contributed by atoms with E-state index < -0.39 is 63.9 Å². The maximum Gasteiger partial charge on any atom is 0.381 e. The number of aromatic hydroxyl groups is 1. The van der Waals surface area contributed by atoms with Crippen LogP contribution in [-0.2, 0) is 34.7 Å². The maximum atomic E-state index is 15.0. The van der Waals surface area contributed by atoms with Crippen LogP contribution < -0.4 is 4.74 Å². The quantitative estimate of drug-likeness (QED) is 0.0965. The van der Waals surface area contributed by atoms with E-state index in [0.29, 0.717) is 30.7 Å². The van der Waals surface area contributed by atoms with Gasteiger partial charge >= 0.3 is 23.8 Å². The van der Waals surface area contributed by atoms with Gasteiger partial charge in [-0.15, -0.1) is 10.1 Å². The van der Waals surface area contributed by atoms with Crippen LogP contribution in [0.1, 0.15) is 56.6 Å². The third kappa shape index (κ3) is 6.32. The summed E-state index contributed by atoms with van der Waals surface area (Å²) < 4.78 is 39.8. The number of carboxylic acid groups (broad SMARTS) is 1. The molecule has 3 aliphatic carbocycles. The Hall–Kier alpha value is -4.10. The van der Waals surface area contributed by atoms with Gasteiger partial charge in [0.2, 0.25) is 0 Å². The molecule has 1 aromatic rings. The second-order valence-electron chi connectivity index (χ2n) is 9.97. The summed E-state index contributed by atoms with van der Waals surface area (Å²) in [6, 6.07) is 1.31. The summed E-state index contributed by atoms with van der Waals surface area (Å²) in [7, 11) is 0. The van der Waals surface area contributed by atoms with Gasteiger partial charge in [0.15, 0.2) is 0 Å². The van der Waals surface area contributed by atoms with E-state index in [1.54, 1.807) is 0 Å². The van der Waals surface area contributed by atoms with Crippen molar-refractivity contribution in [2.75, 3.05) is 13.2 Å². The van der Waals surface area contributed by atoms with E-state index in [-0.39, 0.29) is 49.1 Å². The van der Waals surface area contributed by atoms with Gasteiger partial charge < -0.3 is 24.5 Å². The summed E-state index contributed by atoms with van der Waals surface area (Å²) in [6.07, 6.45) is 1.53. The molecule has 0 unspecified atom stereocenters. The van der Waals surface area contributed by atoms with Gasteiger partial charge in [-0.3, -0.25) is 4.79 Å². The Labute approximate surface area is 220 Å². The van der Waals surface area contributed by atoms with Crippen LogP contribution in [0.4, 0.5) is 8.78 Å². The number of Topliss-reactive ketones (excluding diaryl/α,β-unsaturated/α-hetero) is 1. The fourth-order valence-electron chi connectivity index (χ4n) is 5.24. The topological polar surface area (TPSA) is 180 Å². The molecule has 0 heterocycles. The third-order valence-electron chi connectivity index (χ3n) is 7.29. The molecule has 4 rings (SSSR count). The van der Waals surface area contributed by atoms with E-state index in [1.807, 2.05) is 13.8 Å². The molecule has 212 valence electrons. The lowest BCUT2D eigenvalue weighted by Gasteiger charge is -2.59. The monoisotopic (exact) mass is 555 g/mol. The van der Waals surface area contributed by atoms with Crippen molar-refractivity contribution in [2.24, 2.45) is 17.3 Å². The van der Waals surface area contributed by atoms with E-state index in [1.165, 1.54) is 0 Å². The second kappa shape index (κ2) is 11.3. The Morgan fingerprint density at radius 2 is 1.87 bits per heavy atom. The van der Waals surface area contributed by atoms with Crippen LogP contribution in [0.5, 0.6) is 11.5 Å². The number of carbonyl (C=O) groups is 4. The van der Waals surface area contributed by atoms with Crippen molar-refractivity contribution in [3.63, 3.8) is 0 Å². The van der Waals surface area contributed by atoms with Crippen LogP contribution in [0.15, 0.2) is 24.3 Å². The molecule has 0 radical (unpaired) electrons. The molecule has 0 aliphatic heterocycles. The van der Waals surface area contributed by atoms with Crippen LogP contribution in [0.25, 0.3) is 0 Å². The molecule has 3 saturated carbocycles. The molecule has 0 amide bonds. The molecule has 3 fully saturated rings. The summed E-state index contributed by atoms with van der Waals surface area (Å²) in [5.41, 5.74) is -1.59. The number of hydrogen-bond acceptors (Lipinski definition) is 10. The Morgan fingerprint density at radius 1 is 1.21 bits per heavy atom. The first-order valence-electron chi connectivity index (χ1n) is 12.0. The summed E-state index contributed by atoms with van der Waals surface area (Å²) in [5.74, 6) is -11.4. The highest BCUT2D eigenvalue weighted by atomic mass is 19.3. The van der Waals surface area contributed by atoms with Crippen molar-refractivity contribution in [1.29, 1.82) is 0 Å². The third-order valence-corrected chi connectivity index (χ3v) is 7.29. The van der Waals surface area contributed by atoms with Crippen molar-refractivity contribution in [3.8, 4) is 11.5 Å².